The topological polar surface area (TPSA) is 91.4 Å². The maximum Gasteiger partial charge on any atom is 0.255 e. The van der Waals surface area contributed by atoms with Crippen LogP contribution >= 0.6 is 0 Å². The van der Waals surface area contributed by atoms with Crippen LogP contribution in [0.5, 0.6) is 0 Å². The number of pyridine rings is 1. The first-order chi connectivity index (χ1) is 15.1. The summed E-state index contributed by atoms with van der Waals surface area (Å²) >= 11 is 0. The molecule has 8 nitrogen and oxygen atoms in total. The van der Waals surface area contributed by atoms with Crippen molar-refractivity contribution in [2.75, 3.05) is 44.3 Å². The monoisotopic (exact) mass is 423 g/mol. The molecule has 3 aliphatic rings. The van der Waals surface area contributed by atoms with Crippen LogP contribution in [0.1, 0.15) is 42.5 Å². The molecule has 8 heteroatoms. The molecule has 0 atom stereocenters. The maximum absolute atomic E-state index is 12.8. The number of carbonyl (C=O) groups excluding carboxylic acids is 1. The predicted octanol–water partition coefficient (Wildman–Crippen LogP) is 1.44. The van der Waals surface area contributed by atoms with Gasteiger partial charge in [-0.05, 0) is 49.8 Å². The van der Waals surface area contributed by atoms with E-state index in [9.17, 15) is 9.59 Å². The quantitative estimate of drug-likeness (QED) is 0.800. The molecule has 2 aromatic heterocycles. The van der Waals surface area contributed by atoms with Crippen LogP contribution in [0.25, 0.3) is 0 Å². The van der Waals surface area contributed by atoms with Gasteiger partial charge in [-0.1, -0.05) is 0 Å². The SMILES string of the molecule is O=C(CCc1ccncc1)N1CCC2(CCc3c2nc(N2CCOCC2)[nH]c3=O)CC1. The number of anilines is 1. The van der Waals surface area contributed by atoms with E-state index in [0.717, 1.165) is 75.1 Å². The number of hydrogen-bond acceptors (Lipinski definition) is 6. The Labute approximate surface area is 181 Å². The van der Waals surface area contributed by atoms with E-state index < -0.39 is 0 Å². The van der Waals surface area contributed by atoms with E-state index in [2.05, 4.69) is 14.9 Å². The highest BCUT2D eigenvalue weighted by molar-refractivity contribution is 5.76. The molecule has 0 aromatic carbocycles. The molecular weight excluding hydrogens is 394 g/mol. The van der Waals surface area contributed by atoms with E-state index in [1.165, 1.54) is 0 Å². The van der Waals surface area contributed by atoms with Crippen LogP contribution in [0.2, 0.25) is 0 Å². The summed E-state index contributed by atoms with van der Waals surface area (Å²) in [5.41, 5.74) is 2.88. The van der Waals surface area contributed by atoms with Crippen molar-refractivity contribution in [2.45, 2.75) is 43.9 Å². The van der Waals surface area contributed by atoms with Gasteiger partial charge in [0.25, 0.3) is 5.56 Å². The lowest BCUT2D eigenvalue weighted by Crippen LogP contribution is -2.45. The Morgan fingerprint density at radius 1 is 1.10 bits per heavy atom. The summed E-state index contributed by atoms with van der Waals surface area (Å²) in [6, 6.07) is 3.92. The first-order valence-electron chi connectivity index (χ1n) is 11.3. The number of nitrogens with one attached hydrogen (secondary N) is 1. The molecule has 2 fully saturated rings. The van der Waals surface area contributed by atoms with Crippen LogP contribution in [0.15, 0.2) is 29.3 Å². The number of aryl methyl sites for hydroxylation is 1. The molecule has 2 aromatic rings. The van der Waals surface area contributed by atoms with Crippen molar-refractivity contribution in [2.24, 2.45) is 0 Å². The molecule has 1 N–H and O–H groups in total. The lowest BCUT2D eigenvalue weighted by Gasteiger charge is -2.39. The highest BCUT2D eigenvalue weighted by atomic mass is 16.5. The third-order valence-corrected chi connectivity index (χ3v) is 7.12. The summed E-state index contributed by atoms with van der Waals surface area (Å²) in [6.07, 6.45) is 8.27. The first-order valence-corrected chi connectivity index (χ1v) is 11.3. The van der Waals surface area contributed by atoms with Gasteiger partial charge in [-0.25, -0.2) is 4.98 Å². The molecule has 2 saturated heterocycles. The number of hydrogen-bond donors (Lipinski definition) is 1. The van der Waals surface area contributed by atoms with Crippen molar-refractivity contribution < 1.29 is 9.53 Å². The fourth-order valence-corrected chi connectivity index (χ4v) is 5.19. The first kappa shape index (κ1) is 20.2. The van der Waals surface area contributed by atoms with Gasteiger partial charge in [0.1, 0.15) is 0 Å². The Bertz CT molecular complexity index is 992. The minimum atomic E-state index is -0.0769. The number of ether oxygens (including phenoxy) is 1. The Kier molecular flexibility index (Phi) is 5.48. The molecular formula is C23H29N5O3. The van der Waals surface area contributed by atoms with Crippen LogP contribution in [0.3, 0.4) is 0 Å². The van der Waals surface area contributed by atoms with Crippen molar-refractivity contribution in [3.8, 4) is 0 Å². The van der Waals surface area contributed by atoms with Crippen molar-refractivity contribution in [3.05, 3.63) is 51.7 Å². The molecule has 4 heterocycles. The highest BCUT2D eigenvalue weighted by Crippen LogP contribution is 2.44. The van der Waals surface area contributed by atoms with Crippen LogP contribution in [-0.4, -0.2) is 65.2 Å². The third kappa shape index (κ3) is 3.96. The van der Waals surface area contributed by atoms with Gasteiger partial charge in [0.05, 0.1) is 18.9 Å². The number of likely N-dealkylation sites (tertiary alicyclic amines) is 1. The van der Waals surface area contributed by atoms with Gasteiger partial charge < -0.3 is 14.5 Å². The zero-order chi connectivity index (χ0) is 21.3. The number of amides is 1. The summed E-state index contributed by atoms with van der Waals surface area (Å²) in [7, 11) is 0. The second kappa shape index (κ2) is 8.42. The van der Waals surface area contributed by atoms with Crippen molar-refractivity contribution in [1.29, 1.82) is 0 Å². The highest BCUT2D eigenvalue weighted by Gasteiger charge is 2.44. The van der Waals surface area contributed by atoms with E-state index >= 15 is 0 Å². The fraction of sp³-hybridized carbons (Fsp3) is 0.565. The predicted molar refractivity (Wildman–Crippen MR) is 116 cm³/mol. The van der Waals surface area contributed by atoms with E-state index in [4.69, 9.17) is 9.72 Å². The number of aromatic amines is 1. The average Bonchev–Trinajstić information content (AvgIpc) is 3.17. The molecule has 0 radical (unpaired) electrons. The minimum absolute atomic E-state index is 0.000719. The average molecular weight is 424 g/mol. The molecule has 0 saturated carbocycles. The van der Waals surface area contributed by atoms with Crippen molar-refractivity contribution in [1.82, 2.24) is 19.9 Å². The summed E-state index contributed by atoms with van der Waals surface area (Å²) in [5, 5.41) is 0. The van der Waals surface area contributed by atoms with Crippen molar-refractivity contribution in [3.63, 3.8) is 0 Å². The number of nitrogens with zero attached hydrogens (tertiary/aromatic N) is 4. The second-order valence-corrected chi connectivity index (χ2v) is 8.83. The molecule has 1 aliphatic carbocycles. The van der Waals surface area contributed by atoms with Crippen LogP contribution in [0, 0.1) is 0 Å². The number of piperidine rings is 1. The lowest BCUT2D eigenvalue weighted by atomic mass is 9.76. The van der Waals surface area contributed by atoms with Gasteiger partial charge in [-0.3, -0.25) is 19.6 Å². The second-order valence-electron chi connectivity index (χ2n) is 8.83. The molecule has 1 amide bonds. The standard InChI is InChI=1S/C23H29N5O3/c29-19(2-1-17-4-9-24-10-5-17)27-11-7-23(8-12-27)6-3-18-20(23)25-22(26-21(18)30)28-13-15-31-16-14-28/h4-5,9-10H,1-3,6-8,11-16H2,(H,25,26,30). The number of carbonyl (C=O) groups is 1. The largest absolute Gasteiger partial charge is 0.378 e. The summed E-state index contributed by atoms with van der Waals surface area (Å²) in [6.45, 7) is 4.26. The smallest absolute Gasteiger partial charge is 0.255 e. The molecule has 31 heavy (non-hydrogen) atoms. The Morgan fingerprint density at radius 3 is 2.58 bits per heavy atom. The number of aromatic nitrogens is 3. The zero-order valence-electron chi connectivity index (χ0n) is 17.8. The summed E-state index contributed by atoms with van der Waals surface area (Å²) in [5.74, 6) is 0.877. The maximum atomic E-state index is 12.8. The van der Waals surface area contributed by atoms with Crippen LogP contribution in [-0.2, 0) is 27.8 Å². The lowest BCUT2D eigenvalue weighted by molar-refractivity contribution is -0.132. The molecule has 0 bridgehead atoms. The number of H-pyrrole nitrogens is 1. The molecule has 164 valence electrons. The molecule has 1 spiro atoms. The number of fused-ring (bicyclic) bond motifs is 2. The summed E-state index contributed by atoms with van der Waals surface area (Å²) in [4.78, 5) is 41.6. The minimum Gasteiger partial charge on any atom is -0.378 e. The molecule has 2 aliphatic heterocycles. The van der Waals surface area contributed by atoms with Gasteiger partial charge in [-0.2, -0.15) is 0 Å². The van der Waals surface area contributed by atoms with Crippen LogP contribution < -0.4 is 10.5 Å². The third-order valence-electron chi connectivity index (χ3n) is 7.12. The normalized spacial score (nSPS) is 20.1. The fourth-order valence-electron chi connectivity index (χ4n) is 5.19. The van der Waals surface area contributed by atoms with Gasteiger partial charge in [0.2, 0.25) is 11.9 Å². The number of rotatable bonds is 4. The van der Waals surface area contributed by atoms with Crippen LogP contribution in [0.4, 0.5) is 5.95 Å². The van der Waals surface area contributed by atoms with E-state index in [1.807, 2.05) is 17.0 Å². The molecule has 0 unspecified atom stereocenters. The Balaban J connectivity index is 1.27. The van der Waals surface area contributed by atoms with E-state index in [-0.39, 0.29) is 16.9 Å². The van der Waals surface area contributed by atoms with Gasteiger partial charge in [-0.15, -0.1) is 0 Å². The van der Waals surface area contributed by atoms with Gasteiger partial charge in [0, 0.05) is 56.0 Å². The van der Waals surface area contributed by atoms with Crippen molar-refractivity contribution >= 4 is 11.9 Å². The van der Waals surface area contributed by atoms with Gasteiger partial charge in [0.15, 0.2) is 0 Å². The Morgan fingerprint density at radius 2 is 1.84 bits per heavy atom. The van der Waals surface area contributed by atoms with Gasteiger partial charge >= 0.3 is 0 Å². The van der Waals surface area contributed by atoms with E-state index in [1.54, 1.807) is 12.4 Å². The number of morpholine rings is 1. The zero-order valence-corrected chi connectivity index (χ0v) is 17.8. The molecule has 5 rings (SSSR count). The Hall–Kier alpha value is -2.74. The summed E-state index contributed by atoms with van der Waals surface area (Å²) < 4.78 is 5.43. The van der Waals surface area contributed by atoms with E-state index in [0.29, 0.717) is 25.6 Å².